The van der Waals surface area contributed by atoms with Crippen molar-refractivity contribution >= 4 is 15.7 Å². The summed E-state index contributed by atoms with van der Waals surface area (Å²) in [6.07, 6.45) is 2.05. The lowest BCUT2D eigenvalue weighted by atomic mass is 9.96. The van der Waals surface area contributed by atoms with E-state index in [2.05, 4.69) is 4.90 Å². The molecular weight excluding hydrogens is 364 g/mol. The van der Waals surface area contributed by atoms with Crippen LogP contribution in [0.4, 0.5) is 0 Å². The lowest BCUT2D eigenvalue weighted by Crippen LogP contribution is -2.44. The SMILES string of the molecule is Cc1ccc(S(=O)(=O)CCC(=O)N2CCC(CN3CCOCC3)CC2)cc1. The van der Waals surface area contributed by atoms with Crippen LogP contribution in [-0.2, 0) is 19.4 Å². The molecule has 27 heavy (non-hydrogen) atoms. The van der Waals surface area contributed by atoms with E-state index in [0.717, 1.165) is 64.3 Å². The second kappa shape index (κ2) is 9.17. The number of hydrogen-bond donors (Lipinski definition) is 0. The van der Waals surface area contributed by atoms with Gasteiger partial charge in [0, 0.05) is 39.1 Å². The molecule has 150 valence electrons. The number of piperidine rings is 1. The van der Waals surface area contributed by atoms with Crippen LogP contribution in [0.2, 0.25) is 0 Å². The van der Waals surface area contributed by atoms with Crippen LogP contribution < -0.4 is 0 Å². The van der Waals surface area contributed by atoms with Crippen molar-refractivity contribution in [3.8, 4) is 0 Å². The first-order chi connectivity index (χ1) is 12.9. The Bertz CT molecular complexity index is 719. The van der Waals surface area contributed by atoms with E-state index in [1.807, 2.05) is 11.8 Å². The molecule has 0 bridgehead atoms. The van der Waals surface area contributed by atoms with Crippen molar-refractivity contribution in [3.63, 3.8) is 0 Å². The number of sulfone groups is 1. The molecule has 0 aliphatic carbocycles. The maximum Gasteiger partial charge on any atom is 0.223 e. The molecule has 2 aliphatic rings. The van der Waals surface area contributed by atoms with E-state index in [1.165, 1.54) is 0 Å². The lowest BCUT2D eigenvalue weighted by Gasteiger charge is -2.36. The normalized spacial score (nSPS) is 20.0. The molecule has 1 aromatic rings. The van der Waals surface area contributed by atoms with Gasteiger partial charge in [-0.2, -0.15) is 0 Å². The summed E-state index contributed by atoms with van der Waals surface area (Å²) in [5.41, 5.74) is 1.02. The fourth-order valence-electron chi connectivity index (χ4n) is 3.76. The van der Waals surface area contributed by atoms with Crippen molar-refractivity contribution in [1.29, 1.82) is 0 Å². The molecule has 0 unspecified atom stereocenters. The number of hydrogen-bond acceptors (Lipinski definition) is 5. The van der Waals surface area contributed by atoms with Crippen molar-refractivity contribution in [2.24, 2.45) is 5.92 Å². The first kappa shape index (κ1) is 20.3. The van der Waals surface area contributed by atoms with Gasteiger partial charge in [0.1, 0.15) is 0 Å². The van der Waals surface area contributed by atoms with Crippen molar-refractivity contribution < 1.29 is 17.9 Å². The topological polar surface area (TPSA) is 66.9 Å². The number of amides is 1. The van der Waals surface area contributed by atoms with Gasteiger partial charge in [-0.05, 0) is 37.8 Å². The molecule has 0 aromatic heterocycles. The Morgan fingerprint density at radius 3 is 2.33 bits per heavy atom. The molecule has 2 aliphatic heterocycles. The number of carbonyl (C=O) groups excluding carboxylic acids is 1. The van der Waals surface area contributed by atoms with Crippen LogP contribution in [0.3, 0.4) is 0 Å². The Morgan fingerprint density at radius 1 is 1.07 bits per heavy atom. The number of benzene rings is 1. The number of carbonyl (C=O) groups is 1. The summed E-state index contributed by atoms with van der Waals surface area (Å²) in [4.78, 5) is 17.0. The van der Waals surface area contributed by atoms with Crippen LogP contribution in [0.25, 0.3) is 0 Å². The van der Waals surface area contributed by atoms with Crippen LogP contribution >= 0.6 is 0 Å². The first-order valence-corrected chi connectivity index (χ1v) is 11.5. The fourth-order valence-corrected chi connectivity index (χ4v) is 4.99. The largest absolute Gasteiger partial charge is 0.379 e. The van der Waals surface area contributed by atoms with E-state index >= 15 is 0 Å². The standard InChI is InChI=1S/C20H30N2O4S/c1-17-2-4-19(5-3-17)27(24,25)15-8-20(23)22-9-6-18(7-10-22)16-21-11-13-26-14-12-21/h2-5,18H,6-16H2,1H3. The zero-order valence-electron chi connectivity index (χ0n) is 16.1. The Morgan fingerprint density at radius 2 is 1.70 bits per heavy atom. The highest BCUT2D eigenvalue weighted by molar-refractivity contribution is 7.91. The fraction of sp³-hybridized carbons (Fsp3) is 0.650. The van der Waals surface area contributed by atoms with Gasteiger partial charge in [-0.3, -0.25) is 9.69 Å². The molecular formula is C20H30N2O4S. The van der Waals surface area contributed by atoms with Gasteiger partial charge in [0.2, 0.25) is 5.91 Å². The molecule has 0 spiro atoms. The van der Waals surface area contributed by atoms with Crippen molar-refractivity contribution in [2.75, 3.05) is 51.7 Å². The van der Waals surface area contributed by atoms with Crippen LogP contribution in [0.15, 0.2) is 29.2 Å². The number of nitrogens with zero attached hydrogens (tertiary/aromatic N) is 2. The Labute approximate surface area is 162 Å². The average Bonchev–Trinajstić information content (AvgIpc) is 2.68. The predicted molar refractivity (Wildman–Crippen MR) is 104 cm³/mol. The van der Waals surface area contributed by atoms with E-state index in [1.54, 1.807) is 24.3 Å². The van der Waals surface area contributed by atoms with Gasteiger partial charge in [0.25, 0.3) is 0 Å². The number of aryl methyl sites for hydroxylation is 1. The van der Waals surface area contributed by atoms with Crippen molar-refractivity contribution in [3.05, 3.63) is 29.8 Å². The summed E-state index contributed by atoms with van der Waals surface area (Å²) in [7, 11) is -3.41. The molecule has 3 rings (SSSR count). The van der Waals surface area contributed by atoms with E-state index in [0.29, 0.717) is 10.8 Å². The molecule has 0 N–H and O–H groups in total. The molecule has 0 radical (unpaired) electrons. The third kappa shape index (κ3) is 5.77. The third-order valence-corrected chi connectivity index (χ3v) is 7.28. The van der Waals surface area contributed by atoms with Gasteiger partial charge in [0.15, 0.2) is 9.84 Å². The molecule has 2 saturated heterocycles. The molecule has 6 nitrogen and oxygen atoms in total. The molecule has 7 heteroatoms. The quantitative estimate of drug-likeness (QED) is 0.735. The van der Waals surface area contributed by atoms with E-state index in [-0.39, 0.29) is 18.1 Å². The third-order valence-electron chi connectivity index (χ3n) is 5.55. The summed E-state index contributed by atoms with van der Waals surface area (Å²) in [5, 5.41) is 0. The monoisotopic (exact) mass is 394 g/mol. The average molecular weight is 395 g/mol. The lowest BCUT2D eigenvalue weighted by molar-refractivity contribution is -0.132. The summed E-state index contributed by atoms with van der Waals surface area (Å²) in [5.74, 6) is 0.446. The highest BCUT2D eigenvalue weighted by atomic mass is 32.2. The molecule has 2 fully saturated rings. The number of rotatable bonds is 6. The Hall–Kier alpha value is -1.44. The zero-order valence-corrected chi connectivity index (χ0v) is 16.9. The van der Waals surface area contributed by atoms with E-state index in [9.17, 15) is 13.2 Å². The van der Waals surface area contributed by atoms with Crippen LogP contribution in [0.1, 0.15) is 24.8 Å². The number of ether oxygens (including phenoxy) is 1. The molecule has 0 saturated carbocycles. The highest BCUT2D eigenvalue weighted by Gasteiger charge is 2.26. The van der Waals surface area contributed by atoms with Gasteiger partial charge >= 0.3 is 0 Å². The first-order valence-electron chi connectivity index (χ1n) is 9.81. The van der Waals surface area contributed by atoms with Crippen molar-refractivity contribution in [1.82, 2.24) is 9.80 Å². The molecule has 2 heterocycles. The maximum absolute atomic E-state index is 12.5. The van der Waals surface area contributed by atoms with Gasteiger partial charge in [-0.15, -0.1) is 0 Å². The smallest absolute Gasteiger partial charge is 0.223 e. The minimum absolute atomic E-state index is 0.0458. The number of likely N-dealkylation sites (tertiary alicyclic amines) is 1. The minimum atomic E-state index is -3.41. The van der Waals surface area contributed by atoms with Crippen LogP contribution in [0.5, 0.6) is 0 Å². The highest BCUT2D eigenvalue weighted by Crippen LogP contribution is 2.20. The second-order valence-corrected chi connectivity index (χ2v) is 9.73. The van der Waals surface area contributed by atoms with E-state index in [4.69, 9.17) is 4.74 Å². The van der Waals surface area contributed by atoms with Gasteiger partial charge < -0.3 is 9.64 Å². The molecule has 0 atom stereocenters. The minimum Gasteiger partial charge on any atom is -0.379 e. The second-order valence-electron chi connectivity index (χ2n) is 7.62. The Kier molecular flexibility index (Phi) is 6.89. The molecule has 1 aromatic carbocycles. The summed E-state index contributed by atoms with van der Waals surface area (Å²) >= 11 is 0. The van der Waals surface area contributed by atoms with E-state index < -0.39 is 9.84 Å². The van der Waals surface area contributed by atoms with Crippen LogP contribution in [0, 0.1) is 12.8 Å². The Balaban J connectivity index is 1.43. The van der Waals surface area contributed by atoms with Crippen molar-refractivity contribution in [2.45, 2.75) is 31.1 Å². The van der Waals surface area contributed by atoms with Crippen LogP contribution in [-0.4, -0.2) is 75.8 Å². The summed E-state index contributed by atoms with van der Waals surface area (Å²) in [6, 6.07) is 6.81. The molecule has 1 amide bonds. The number of morpholine rings is 1. The van der Waals surface area contributed by atoms with Gasteiger partial charge in [-0.1, -0.05) is 17.7 Å². The van der Waals surface area contributed by atoms with Gasteiger partial charge in [0.05, 0.1) is 23.9 Å². The predicted octanol–water partition coefficient (Wildman–Crippen LogP) is 1.73. The summed E-state index contributed by atoms with van der Waals surface area (Å²) < 4.78 is 30.2. The maximum atomic E-state index is 12.5. The summed E-state index contributed by atoms with van der Waals surface area (Å²) in [6.45, 7) is 8.08. The zero-order chi connectivity index (χ0) is 19.3. The van der Waals surface area contributed by atoms with Gasteiger partial charge in [-0.25, -0.2) is 8.42 Å².